The molecule has 30 heavy (non-hydrogen) atoms. The summed E-state index contributed by atoms with van der Waals surface area (Å²) in [6.07, 6.45) is -1.39. The van der Waals surface area contributed by atoms with Crippen molar-refractivity contribution >= 4 is 5.97 Å². The number of H-pyrrole nitrogens is 1. The molecule has 0 aliphatic carbocycles. The normalized spacial score (nSPS) is 27.8. The molecule has 3 heterocycles. The summed E-state index contributed by atoms with van der Waals surface area (Å²) in [5, 5.41) is 12.4. The monoisotopic (exact) mass is 427 g/mol. The van der Waals surface area contributed by atoms with E-state index in [-0.39, 0.29) is 25.3 Å². The van der Waals surface area contributed by atoms with Gasteiger partial charge in [0.2, 0.25) is 0 Å². The number of aliphatic hydroxyl groups is 1. The minimum atomic E-state index is -0.894. The fourth-order valence-corrected chi connectivity index (χ4v) is 3.55. The van der Waals surface area contributed by atoms with Crippen LogP contribution >= 0.6 is 0 Å². The Morgan fingerprint density at radius 1 is 1.30 bits per heavy atom. The van der Waals surface area contributed by atoms with Gasteiger partial charge in [0.25, 0.3) is 5.56 Å². The van der Waals surface area contributed by atoms with Gasteiger partial charge in [-0.1, -0.05) is 0 Å². The zero-order valence-electron chi connectivity index (χ0n) is 17.8. The molecule has 2 fully saturated rings. The fraction of sp³-hybridized carbons (Fsp3) is 0.737. The molecule has 168 valence electrons. The Bertz CT molecular complexity index is 900. The summed E-state index contributed by atoms with van der Waals surface area (Å²) in [6, 6.07) is 0. The van der Waals surface area contributed by atoms with Crippen LogP contribution in [0.2, 0.25) is 0 Å². The summed E-state index contributed by atoms with van der Waals surface area (Å²) in [5.41, 5.74) is -1.64. The van der Waals surface area contributed by atoms with Crippen molar-refractivity contribution in [3.8, 4) is 0 Å². The van der Waals surface area contributed by atoms with E-state index in [9.17, 15) is 19.5 Å². The van der Waals surface area contributed by atoms with Crippen molar-refractivity contribution in [1.29, 1.82) is 0 Å². The first kappa shape index (κ1) is 22.6. The van der Waals surface area contributed by atoms with Crippen LogP contribution < -0.4 is 16.6 Å². The predicted octanol–water partition coefficient (Wildman–Crippen LogP) is -0.622. The average Bonchev–Trinajstić information content (AvgIpc) is 3.08. The zero-order valence-corrected chi connectivity index (χ0v) is 17.8. The van der Waals surface area contributed by atoms with Gasteiger partial charge in [0.05, 0.1) is 13.2 Å². The van der Waals surface area contributed by atoms with Crippen LogP contribution in [0.25, 0.3) is 0 Å². The van der Waals surface area contributed by atoms with Crippen LogP contribution in [0, 0.1) is 0 Å². The number of fused-ring (bicyclic) bond motifs is 1. The Kier molecular flexibility index (Phi) is 6.21. The van der Waals surface area contributed by atoms with Crippen molar-refractivity contribution in [2.24, 2.45) is 0 Å². The third-order valence-electron chi connectivity index (χ3n) is 4.63. The molecule has 3 rings (SSSR count). The van der Waals surface area contributed by atoms with Crippen molar-refractivity contribution in [3.05, 3.63) is 32.6 Å². The summed E-state index contributed by atoms with van der Waals surface area (Å²) in [7, 11) is 0. The summed E-state index contributed by atoms with van der Waals surface area (Å²) in [6.45, 7) is 8.37. The summed E-state index contributed by atoms with van der Waals surface area (Å²) < 4.78 is 23.9. The van der Waals surface area contributed by atoms with Gasteiger partial charge in [0, 0.05) is 18.3 Å². The summed E-state index contributed by atoms with van der Waals surface area (Å²) >= 11 is 0. The largest absolute Gasteiger partial charge is 0.459 e. The highest BCUT2D eigenvalue weighted by Gasteiger charge is 2.55. The van der Waals surface area contributed by atoms with Crippen molar-refractivity contribution in [2.75, 3.05) is 13.2 Å². The molecule has 0 unspecified atom stereocenters. The van der Waals surface area contributed by atoms with E-state index in [0.29, 0.717) is 0 Å². The lowest BCUT2D eigenvalue weighted by Gasteiger charge is -2.24. The van der Waals surface area contributed by atoms with Crippen LogP contribution in [0.1, 0.15) is 46.4 Å². The van der Waals surface area contributed by atoms with Crippen LogP contribution in [0.5, 0.6) is 0 Å². The molecule has 2 aliphatic rings. The first-order chi connectivity index (χ1) is 13.9. The second-order valence-corrected chi connectivity index (χ2v) is 8.82. The summed E-state index contributed by atoms with van der Waals surface area (Å²) in [4.78, 5) is 38.7. The second-order valence-electron chi connectivity index (χ2n) is 8.82. The quantitative estimate of drug-likeness (QED) is 0.506. The first-order valence-electron chi connectivity index (χ1n) is 9.79. The molecule has 11 nitrogen and oxygen atoms in total. The third-order valence-corrected chi connectivity index (χ3v) is 4.63. The lowest BCUT2D eigenvalue weighted by atomic mass is 10.1. The smallest absolute Gasteiger partial charge is 0.330 e. The van der Waals surface area contributed by atoms with Gasteiger partial charge in [-0.3, -0.25) is 19.1 Å². The van der Waals surface area contributed by atoms with Crippen molar-refractivity contribution < 1.29 is 28.8 Å². The highest BCUT2D eigenvalue weighted by molar-refractivity contribution is 5.72. The van der Waals surface area contributed by atoms with Gasteiger partial charge in [-0.05, 0) is 34.6 Å². The molecule has 0 aromatic carbocycles. The van der Waals surface area contributed by atoms with E-state index in [1.807, 2.05) is 0 Å². The van der Waals surface area contributed by atoms with E-state index in [2.05, 4.69) is 10.3 Å². The standard InChI is InChI=1S/C19H29N3O8/c1-18(2,3)28-12(24)7-20-6-10-8-22(17(26)21-15(10)25)16-14-13(11(9-23)27-16)29-19(4,5)30-14/h8,11,13-14,16,20,23H,6-7,9H2,1-5H3,(H,21,25,26)/t11-,13-,14-,16-/m1/s1. The van der Waals surface area contributed by atoms with Crippen molar-refractivity contribution in [1.82, 2.24) is 14.9 Å². The van der Waals surface area contributed by atoms with Crippen LogP contribution in [-0.2, 0) is 30.3 Å². The number of nitrogens with zero attached hydrogens (tertiary/aromatic N) is 1. The number of nitrogens with one attached hydrogen (secondary N) is 2. The number of esters is 1. The number of hydrogen-bond donors (Lipinski definition) is 3. The van der Waals surface area contributed by atoms with E-state index < -0.39 is 53.1 Å². The number of aromatic nitrogens is 2. The minimum Gasteiger partial charge on any atom is -0.459 e. The van der Waals surface area contributed by atoms with Gasteiger partial charge in [0.15, 0.2) is 12.0 Å². The van der Waals surface area contributed by atoms with Gasteiger partial charge in [-0.25, -0.2) is 4.79 Å². The Morgan fingerprint density at radius 2 is 1.97 bits per heavy atom. The van der Waals surface area contributed by atoms with E-state index >= 15 is 0 Å². The number of aliphatic hydroxyl groups excluding tert-OH is 1. The minimum absolute atomic E-state index is 0.0297. The van der Waals surface area contributed by atoms with Gasteiger partial charge in [-0.2, -0.15) is 0 Å². The molecule has 0 spiro atoms. The van der Waals surface area contributed by atoms with Crippen LogP contribution in [-0.4, -0.2) is 63.5 Å². The molecule has 0 saturated carbocycles. The molecule has 0 bridgehead atoms. The van der Waals surface area contributed by atoms with Crippen LogP contribution in [0.15, 0.2) is 15.8 Å². The molecule has 4 atom stereocenters. The van der Waals surface area contributed by atoms with Gasteiger partial charge < -0.3 is 29.4 Å². The molecule has 1 aromatic heterocycles. The number of aromatic amines is 1. The highest BCUT2D eigenvalue weighted by Crippen LogP contribution is 2.42. The summed E-state index contributed by atoms with van der Waals surface area (Å²) in [5.74, 6) is -1.35. The number of rotatable bonds is 6. The SMILES string of the molecule is CC(C)(C)OC(=O)CNCc1cn([C@@H]2O[C@H](CO)[C@H]3OC(C)(C)O[C@H]32)c(=O)[nH]c1=O. The van der Waals surface area contributed by atoms with E-state index in [1.54, 1.807) is 34.6 Å². The Balaban J connectivity index is 1.76. The maximum atomic E-state index is 12.4. The molecular weight excluding hydrogens is 398 g/mol. The predicted molar refractivity (Wildman–Crippen MR) is 104 cm³/mol. The van der Waals surface area contributed by atoms with Crippen LogP contribution in [0.3, 0.4) is 0 Å². The third kappa shape index (κ3) is 4.98. The first-order valence-corrected chi connectivity index (χ1v) is 9.79. The lowest BCUT2D eigenvalue weighted by Crippen LogP contribution is -2.39. The maximum absolute atomic E-state index is 12.4. The number of hydrogen-bond acceptors (Lipinski definition) is 9. The molecule has 1 aromatic rings. The average molecular weight is 427 g/mol. The van der Waals surface area contributed by atoms with Crippen LogP contribution in [0.4, 0.5) is 0 Å². The van der Waals surface area contributed by atoms with Crippen molar-refractivity contribution in [2.45, 2.75) is 77.1 Å². The van der Waals surface area contributed by atoms with Crippen molar-refractivity contribution in [3.63, 3.8) is 0 Å². The molecule has 2 aliphatic heterocycles. The van der Waals surface area contributed by atoms with Gasteiger partial charge in [-0.15, -0.1) is 0 Å². The fourth-order valence-electron chi connectivity index (χ4n) is 3.55. The molecule has 2 saturated heterocycles. The van der Waals surface area contributed by atoms with E-state index in [4.69, 9.17) is 18.9 Å². The van der Waals surface area contributed by atoms with E-state index in [1.165, 1.54) is 10.8 Å². The molecule has 0 amide bonds. The molecule has 11 heteroatoms. The zero-order chi connectivity index (χ0) is 22.3. The maximum Gasteiger partial charge on any atom is 0.330 e. The highest BCUT2D eigenvalue weighted by atomic mass is 16.8. The Hall–Kier alpha value is -2.05. The van der Waals surface area contributed by atoms with Gasteiger partial charge in [0.1, 0.15) is 23.9 Å². The number of carbonyl (C=O) groups excluding carboxylic acids is 1. The lowest BCUT2D eigenvalue weighted by molar-refractivity contribution is -0.200. The Morgan fingerprint density at radius 3 is 2.60 bits per heavy atom. The van der Waals surface area contributed by atoms with Gasteiger partial charge >= 0.3 is 11.7 Å². The van der Waals surface area contributed by atoms with E-state index in [0.717, 1.165) is 0 Å². The second kappa shape index (κ2) is 8.23. The Labute approximate surface area is 173 Å². The molecular formula is C19H29N3O8. The number of ether oxygens (including phenoxy) is 4. The topological polar surface area (TPSA) is 141 Å². The number of carbonyl (C=O) groups is 1. The molecule has 0 radical (unpaired) electrons. The molecule has 3 N–H and O–H groups in total.